The van der Waals surface area contributed by atoms with E-state index in [1.165, 1.54) is 64.7 Å². The summed E-state index contributed by atoms with van der Waals surface area (Å²) in [4.78, 5) is 11.2. The summed E-state index contributed by atoms with van der Waals surface area (Å²) >= 11 is 1.93. The van der Waals surface area contributed by atoms with E-state index in [-0.39, 0.29) is 0 Å². The van der Waals surface area contributed by atoms with E-state index in [2.05, 4.69) is 99.0 Å². The van der Waals surface area contributed by atoms with E-state index in [1.54, 1.807) is 0 Å². The number of benzene rings is 3. The van der Waals surface area contributed by atoms with Gasteiger partial charge in [-0.05, 0) is 76.4 Å². The minimum Gasteiger partial charge on any atom is -0.264 e. The Morgan fingerprint density at radius 1 is 0.838 bits per heavy atom. The third-order valence-corrected chi connectivity index (χ3v) is 8.76. The van der Waals surface area contributed by atoms with Crippen LogP contribution < -0.4 is 0 Å². The van der Waals surface area contributed by atoms with Crippen LogP contribution in [0, 0.1) is 5.92 Å². The van der Waals surface area contributed by atoms with E-state index in [9.17, 15) is 0 Å². The fourth-order valence-electron chi connectivity index (χ4n) is 5.97. The van der Waals surface area contributed by atoms with Gasteiger partial charge in [0.05, 0.1) is 5.69 Å². The van der Waals surface area contributed by atoms with Crippen molar-refractivity contribution in [2.45, 2.75) is 33.1 Å². The van der Waals surface area contributed by atoms with Crippen molar-refractivity contribution in [3.8, 4) is 33.5 Å². The summed E-state index contributed by atoms with van der Waals surface area (Å²) in [7, 11) is 0. The summed E-state index contributed by atoms with van der Waals surface area (Å²) in [5.41, 5.74) is 10.3. The minimum absolute atomic E-state index is 0.611. The Morgan fingerprint density at radius 2 is 1.68 bits per heavy atom. The first-order valence-electron chi connectivity index (χ1n) is 13.1. The molecular weight excluding hydrogens is 468 g/mol. The lowest BCUT2D eigenvalue weighted by Gasteiger charge is -2.21. The standard InChI is InChI=1S/C34H28N2S/c1-21(2)16-25-19-35-20-29-27(25)12-13-30-32(29)33-31(37-30)14-15-36-34(33)24-17-23-10-6-7-11-26(23)28(18-24)22-8-4-3-5-9-22/h3-11,14-15,17-21H,12-13,16H2,1-2H3. The van der Waals surface area contributed by atoms with E-state index >= 15 is 0 Å². The zero-order chi connectivity index (χ0) is 24.9. The zero-order valence-electron chi connectivity index (χ0n) is 21.2. The maximum atomic E-state index is 5.03. The molecule has 3 heterocycles. The van der Waals surface area contributed by atoms with Crippen LogP contribution in [0.25, 0.3) is 54.4 Å². The van der Waals surface area contributed by atoms with Gasteiger partial charge in [0, 0.05) is 50.2 Å². The SMILES string of the molecule is CC(C)Cc1cncc2c1CCc1sc3ccnc(-c4cc(-c5ccccc5)c5ccccc5c4)c3c1-2. The van der Waals surface area contributed by atoms with Crippen molar-refractivity contribution in [2.75, 3.05) is 0 Å². The Morgan fingerprint density at radius 3 is 2.54 bits per heavy atom. The van der Waals surface area contributed by atoms with E-state index in [4.69, 9.17) is 9.97 Å². The molecule has 7 rings (SSSR count). The van der Waals surface area contributed by atoms with Crippen LogP contribution in [0.15, 0.2) is 91.4 Å². The van der Waals surface area contributed by atoms with Crippen LogP contribution in [0.2, 0.25) is 0 Å². The second-order valence-electron chi connectivity index (χ2n) is 10.5. The molecule has 0 radical (unpaired) electrons. The highest BCUT2D eigenvalue weighted by atomic mass is 32.1. The van der Waals surface area contributed by atoms with Crippen molar-refractivity contribution in [3.05, 3.63) is 107 Å². The number of rotatable bonds is 4. The average molecular weight is 497 g/mol. The zero-order valence-corrected chi connectivity index (χ0v) is 22.0. The predicted molar refractivity (Wildman–Crippen MR) is 157 cm³/mol. The van der Waals surface area contributed by atoms with Gasteiger partial charge in [-0.3, -0.25) is 9.97 Å². The number of thiophene rings is 1. The molecule has 0 bridgehead atoms. The number of aromatic nitrogens is 2. The van der Waals surface area contributed by atoms with Gasteiger partial charge in [0.25, 0.3) is 0 Å². The molecule has 0 saturated heterocycles. The molecule has 0 atom stereocenters. The van der Waals surface area contributed by atoms with Crippen molar-refractivity contribution < 1.29 is 0 Å². The Hall–Kier alpha value is -3.82. The smallest absolute Gasteiger partial charge is 0.0795 e. The summed E-state index contributed by atoms with van der Waals surface area (Å²) < 4.78 is 1.31. The maximum absolute atomic E-state index is 5.03. The summed E-state index contributed by atoms with van der Waals surface area (Å²) in [6.45, 7) is 4.58. The third kappa shape index (κ3) is 3.77. The largest absolute Gasteiger partial charge is 0.264 e. The number of fused-ring (bicyclic) bond motifs is 6. The lowest BCUT2D eigenvalue weighted by molar-refractivity contribution is 0.640. The van der Waals surface area contributed by atoms with Crippen LogP contribution in [-0.2, 0) is 19.3 Å². The van der Waals surface area contributed by atoms with Crippen molar-refractivity contribution in [3.63, 3.8) is 0 Å². The van der Waals surface area contributed by atoms with Crippen molar-refractivity contribution in [1.29, 1.82) is 0 Å². The van der Waals surface area contributed by atoms with Gasteiger partial charge in [0.2, 0.25) is 0 Å². The minimum atomic E-state index is 0.611. The number of hydrogen-bond donors (Lipinski definition) is 0. The van der Waals surface area contributed by atoms with Crippen LogP contribution in [0.3, 0.4) is 0 Å². The molecule has 37 heavy (non-hydrogen) atoms. The fourth-order valence-corrected chi connectivity index (χ4v) is 7.19. The number of hydrogen-bond acceptors (Lipinski definition) is 3. The molecule has 3 aromatic carbocycles. The second-order valence-corrected chi connectivity index (χ2v) is 11.6. The summed E-state index contributed by atoms with van der Waals surface area (Å²) in [5.74, 6) is 0.611. The van der Waals surface area contributed by atoms with Crippen molar-refractivity contribution in [1.82, 2.24) is 9.97 Å². The van der Waals surface area contributed by atoms with E-state index in [0.717, 1.165) is 25.0 Å². The lowest BCUT2D eigenvalue weighted by atomic mass is 9.84. The Kier molecular flexibility index (Phi) is 5.40. The molecule has 2 nitrogen and oxygen atoms in total. The maximum Gasteiger partial charge on any atom is 0.0795 e. The van der Waals surface area contributed by atoms with Gasteiger partial charge in [0.1, 0.15) is 0 Å². The normalized spacial score (nSPS) is 12.7. The highest BCUT2D eigenvalue weighted by Gasteiger charge is 2.26. The molecule has 0 saturated carbocycles. The molecule has 1 aliphatic carbocycles. The molecule has 0 spiro atoms. The van der Waals surface area contributed by atoms with Crippen LogP contribution in [0.4, 0.5) is 0 Å². The van der Waals surface area contributed by atoms with Crippen molar-refractivity contribution in [2.24, 2.45) is 5.92 Å². The van der Waals surface area contributed by atoms with E-state index in [0.29, 0.717) is 5.92 Å². The van der Waals surface area contributed by atoms with Gasteiger partial charge in [-0.25, -0.2) is 0 Å². The molecule has 0 N–H and O–H groups in total. The molecule has 0 amide bonds. The Labute approximate surface area is 221 Å². The van der Waals surface area contributed by atoms with E-state index < -0.39 is 0 Å². The summed E-state index contributed by atoms with van der Waals surface area (Å²) in [6.07, 6.45) is 9.41. The number of aryl methyl sites for hydroxylation is 1. The third-order valence-electron chi connectivity index (χ3n) is 7.54. The van der Waals surface area contributed by atoms with Gasteiger partial charge in [0.15, 0.2) is 0 Å². The summed E-state index contributed by atoms with van der Waals surface area (Å²) in [5, 5.41) is 3.79. The lowest BCUT2D eigenvalue weighted by Crippen LogP contribution is -2.08. The van der Waals surface area contributed by atoms with Gasteiger partial charge in [-0.2, -0.15) is 0 Å². The average Bonchev–Trinajstić information content (AvgIpc) is 3.32. The first-order chi connectivity index (χ1) is 18.2. The first-order valence-corrected chi connectivity index (χ1v) is 13.9. The number of pyridine rings is 2. The molecule has 0 fully saturated rings. The van der Waals surface area contributed by atoms with Gasteiger partial charge in [-0.1, -0.05) is 68.4 Å². The van der Waals surface area contributed by atoms with Gasteiger partial charge < -0.3 is 0 Å². The van der Waals surface area contributed by atoms with Crippen LogP contribution in [0.1, 0.15) is 29.9 Å². The molecule has 180 valence electrons. The molecule has 6 aromatic rings. The highest BCUT2D eigenvalue weighted by molar-refractivity contribution is 7.19. The number of nitrogens with zero attached hydrogens (tertiary/aromatic N) is 2. The van der Waals surface area contributed by atoms with Crippen molar-refractivity contribution >= 4 is 32.2 Å². The topological polar surface area (TPSA) is 25.8 Å². The molecule has 0 aliphatic heterocycles. The van der Waals surface area contributed by atoms with Gasteiger partial charge >= 0.3 is 0 Å². The van der Waals surface area contributed by atoms with E-state index in [1.807, 2.05) is 17.5 Å². The molecule has 3 heteroatoms. The van der Waals surface area contributed by atoms with Crippen LogP contribution >= 0.6 is 11.3 Å². The molecule has 0 unspecified atom stereocenters. The monoisotopic (exact) mass is 496 g/mol. The summed E-state index contributed by atoms with van der Waals surface area (Å²) in [6, 6.07) is 26.2. The second kappa shape index (κ2) is 8.93. The Bertz CT molecular complexity index is 1780. The first kappa shape index (κ1) is 22.4. The Balaban J connectivity index is 1.50. The fraction of sp³-hybridized carbons (Fsp3) is 0.176. The quantitative estimate of drug-likeness (QED) is 0.243. The van der Waals surface area contributed by atoms with Gasteiger partial charge in [-0.15, -0.1) is 11.3 Å². The highest BCUT2D eigenvalue weighted by Crippen LogP contribution is 2.48. The molecule has 3 aromatic heterocycles. The molecular formula is C34H28N2S. The predicted octanol–water partition coefficient (Wildman–Crippen LogP) is 9.14. The molecule has 1 aliphatic rings. The van der Waals surface area contributed by atoms with Crippen LogP contribution in [0.5, 0.6) is 0 Å². The van der Waals surface area contributed by atoms with Crippen LogP contribution in [-0.4, -0.2) is 9.97 Å².